The van der Waals surface area contributed by atoms with Crippen molar-refractivity contribution in [2.45, 2.75) is 0 Å². The van der Waals surface area contributed by atoms with Crippen LogP contribution >= 0.6 is 0 Å². The standard InChI is InChI=1S/C15H12F2O3/c1-19-12-8-4-6-10(15(12)20-2)14(18)9-5-3-7-11(16)13(9)17/h3-8H,1-2H3. The maximum atomic E-state index is 13.7. The predicted octanol–water partition coefficient (Wildman–Crippen LogP) is 3.21. The van der Waals surface area contributed by atoms with Crippen molar-refractivity contribution in [2.75, 3.05) is 14.2 Å². The Morgan fingerprint density at radius 1 is 0.950 bits per heavy atom. The number of carbonyl (C=O) groups is 1. The lowest BCUT2D eigenvalue weighted by molar-refractivity contribution is 0.103. The molecule has 5 heteroatoms. The van der Waals surface area contributed by atoms with E-state index in [1.54, 1.807) is 12.1 Å². The summed E-state index contributed by atoms with van der Waals surface area (Å²) in [6.07, 6.45) is 0. The zero-order valence-corrected chi connectivity index (χ0v) is 10.9. The molecule has 0 N–H and O–H groups in total. The van der Waals surface area contributed by atoms with E-state index in [1.165, 1.54) is 32.4 Å². The molecule has 0 heterocycles. The van der Waals surface area contributed by atoms with Crippen molar-refractivity contribution >= 4 is 5.78 Å². The van der Waals surface area contributed by atoms with Gasteiger partial charge in [0.15, 0.2) is 28.9 Å². The fraction of sp³-hybridized carbons (Fsp3) is 0.133. The second-order valence-electron chi connectivity index (χ2n) is 3.97. The van der Waals surface area contributed by atoms with E-state index in [0.29, 0.717) is 5.75 Å². The zero-order chi connectivity index (χ0) is 14.7. The molecule has 2 aromatic rings. The number of methoxy groups -OCH3 is 2. The Balaban J connectivity index is 2.57. The van der Waals surface area contributed by atoms with Crippen molar-refractivity contribution in [3.05, 3.63) is 59.2 Å². The number of hydrogen-bond acceptors (Lipinski definition) is 3. The number of benzene rings is 2. The topological polar surface area (TPSA) is 35.5 Å². The van der Waals surface area contributed by atoms with E-state index < -0.39 is 17.4 Å². The summed E-state index contributed by atoms with van der Waals surface area (Å²) in [4.78, 5) is 12.3. The minimum Gasteiger partial charge on any atom is -0.493 e. The SMILES string of the molecule is COc1cccc(C(=O)c2cccc(F)c2F)c1OC. The maximum absolute atomic E-state index is 13.7. The molecule has 0 atom stereocenters. The molecule has 0 aromatic heterocycles. The molecule has 0 spiro atoms. The molecule has 0 saturated carbocycles. The number of ether oxygens (including phenoxy) is 2. The van der Waals surface area contributed by atoms with Gasteiger partial charge in [-0.3, -0.25) is 4.79 Å². The first-order valence-electron chi connectivity index (χ1n) is 5.79. The summed E-state index contributed by atoms with van der Waals surface area (Å²) in [5.41, 5.74) is -0.243. The molecule has 104 valence electrons. The third kappa shape index (κ3) is 2.34. The highest BCUT2D eigenvalue weighted by Gasteiger charge is 2.21. The van der Waals surface area contributed by atoms with Gasteiger partial charge in [0.05, 0.1) is 25.3 Å². The number of halogens is 2. The summed E-state index contributed by atoms with van der Waals surface area (Å²) < 4.78 is 37.1. The quantitative estimate of drug-likeness (QED) is 0.806. The molecule has 0 unspecified atom stereocenters. The Hall–Kier alpha value is -2.43. The lowest BCUT2D eigenvalue weighted by atomic mass is 10.0. The third-order valence-corrected chi connectivity index (χ3v) is 2.84. The second kappa shape index (κ2) is 5.69. The zero-order valence-electron chi connectivity index (χ0n) is 10.9. The molecule has 0 fully saturated rings. The van der Waals surface area contributed by atoms with Crippen LogP contribution in [0.5, 0.6) is 11.5 Å². The van der Waals surface area contributed by atoms with Crippen LogP contribution in [0.2, 0.25) is 0 Å². The van der Waals surface area contributed by atoms with Crippen LogP contribution in [0.3, 0.4) is 0 Å². The van der Waals surface area contributed by atoms with Crippen molar-refractivity contribution in [2.24, 2.45) is 0 Å². The van der Waals surface area contributed by atoms with Gasteiger partial charge in [0.2, 0.25) is 0 Å². The van der Waals surface area contributed by atoms with Crippen LogP contribution in [0, 0.1) is 11.6 Å². The van der Waals surface area contributed by atoms with Gasteiger partial charge in [-0.05, 0) is 24.3 Å². The molecule has 0 aliphatic carbocycles. The van der Waals surface area contributed by atoms with Crippen LogP contribution in [-0.4, -0.2) is 20.0 Å². The Labute approximate surface area is 114 Å². The van der Waals surface area contributed by atoms with E-state index in [1.807, 2.05) is 0 Å². The van der Waals surface area contributed by atoms with Crippen LogP contribution in [0.4, 0.5) is 8.78 Å². The number of para-hydroxylation sites is 1. The van der Waals surface area contributed by atoms with Gasteiger partial charge in [0.1, 0.15) is 0 Å². The van der Waals surface area contributed by atoms with Gasteiger partial charge in [-0.15, -0.1) is 0 Å². The van der Waals surface area contributed by atoms with E-state index in [-0.39, 0.29) is 16.9 Å². The van der Waals surface area contributed by atoms with Crippen LogP contribution in [0.25, 0.3) is 0 Å². The van der Waals surface area contributed by atoms with Crippen molar-refractivity contribution in [3.63, 3.8) is 0 Å². The predicted molar refractivity (Wildman–Crippen MR) is 69.3 cm³/mol. The smallest absolute Gasteiger partial charge is 0.199 e. The minimum absolute atomic E-state index is 0.108. The maximum Gasteiger partial charge on any atom is 0.199 e. The Morgan fingerprint density at radius 3 is 2.25 bits per heavy atom. The minimum atomic E-state index is -1.18. The molecule has 0 aliphatic heterocycles. The van der Waals surface area contributed by atoms with E-state index in [2.05, 4.69) is 0 Å². The largest absolute Gasteiger partial charge is 0.493 e. The lowest BCUT2D eigenvalue weighted by Gasteiger charge is -2.12. The van der Waals surface area contributed by atoms with Crippen molar-refractivity contribution < 1.29 is 23.0 Å². The molecule has 0 amide bonds. The summed E-state index contributed by atoms with van der Waals surface area (Å²) in [5, 5.41) is 0. The highest BCUT2D eigenvalue weighted by molar-refractivity contribution is 6.11. The van der Waals surface area contributed by atoms with Gasteiger partial charge in [-0.1, -0.05) is 12.1 Å². The van der Waals surface area contributed by atoms with Gasteiger partial charge in [-0.25, -0.2) is 8.78 Å². The average Bonchev–Trinajstić information content (AvgIpc) is 2.48. The Kier molecular flexibility index (Phi) is 3.98. The first-order valence-corrected chi connectivity index (χ1v) is 5.79. The Bertz CT molecular complexity index is 654. The fourth-order valence-corrected chi connectivity index (χ4v) is 1.89. The normalized spacial score (nSPS) is 10.2. The van der Waals surface area contributed by atoms with Gasteiger partial charge >= 0.3 is 0 Å². The Morgan fingerprint density at radius 2 is 1.60 bits per heavy atom. The first kappa shape index (κ1) is 14.0. The van der Waals surface area contributed by atoms with Gasteiger partial charge in [0, 0.05) is 0 Å². The lowest BCUT2D eigenvalue weighted by Crippen LogP contribution is -2.08. The molecule has 0 saturated heterocycles. The van der Waals surface area contributed by atoms with Crippen LogP contribution in [0.1, 0.15) is 15.9 Å². The van der Waals surface area contributed by atoms with Crippen molar-refractivity contribution in [3.8, 4) is 11.5 Å². The molecule has 0 aliphatic rings. The molecule has 20 heavy (non-hydrogen) atoms. The third-order valence-electron chi connectivity index (χ3n) is 2.84. The number of rotatable bonds is 4. The van der Waals surface area contributed by atoms with Gasteiger partial charge in [0.25, 0.3) is 0 Å². The summed E-state index contributed by atoms with van der Waals surface area (Å²) in [6, 6.07) is 8.10. The molecule has 2 aromatic carbocycles. The second-order valence-corrected chi connectivity index (χ2v) is 3.97. The number of ketones is 1. The molecule has 3 nitrogen and oxygen atoms in total. The van der Waals surface area contributed by atoms with Gasteiger partial charge < -0.3 is 9.47 Å². The number of hydrogen-bond donors (Lipinski definition) is 0. The summed E-state index contributed by atoms with van der Waals surface area (Å²) in [6.45, 7) is 0. The highest BCUT2D eigenvalue weighted by Crippen LogP contribution is 2.32. The molecule has 0 bridgehead atoms. The first-order chi connectivity index (χ1) is 9.60. The van der Waals surface area contributed by atoms with Gasteiger partial charge in [-0.2, -0.15) is 0 Å². The summed E-state index contributed by atoms with van der Waals surface area (Å²) in [7, 11) is 2.80. The number of carbonyl (C=O) groups excluding carboxylic acids is 1. The molecular weight excluding hydrogens is 266 g/mol. The summed E-state index contributed by atoms with van der Waals surface area (Å²) >= 11 is 0. The van der Waals surface area contributed by atoms with Crippen LogP contribution in [-0.2, 0) is 0 Å². The highest BCUT2D eigenvalue weighted by atomic mass is 19.2. The molecule has 0 radical (unpaired) electrons. The fourth-order valence-electron chi connectivity index (χ4n) is 1.89. The van der Waals surface area contributed by atoms with Crippen molar-refractivity contribution in [1.82, 2.24) is 0 Å². The van der Waals surface area contributed by atoms with E-state index in [9.17, 15) is 13.6 Å². The van der Waals surface area contributed by atoms with E-state index in [0.717, 1.165) is 6.07 Å². The average molecular weight is 278 g/mol. The van der Waals surface area contributed by atoms with Crippen LogP contribution < -0.4 is 9.47 Å². The van der Waals surface area contributed by atoms with E-state index >= 15 is 0 Å². The molecule has 2 rings (SSSR count). The summed E-state index contributed by atoms with van der Waals surface area (Å²) in [5.74, 6) is -2.39. The van der Waals surface area contributed by atoms with Crippen molar-refractivity contribution in [1.29, 1.82) is 0 Å². The molecular formula is C15H12F2O3. The monoisotopic (exact) mass is 278 g/mol. The van der Waals surface area contributed by atoms with Crippen LogP contribution in [0.15, 0.2) is 36.4 Å². The van der Waals surface area contributed by atoms with E-state index in [4.69, 9.17) is 9.47 Å².